The minimum atomic E-state index is -0.159. The van der Waals surface area contributed by atoms with Crippen LogP contribution in [0.5, 0.6) is 5.75 Å². The number of para-hydroxylation sites is 1. The van der Waals surface area contributed by atoms with Crippen molar-refractivity contribution in [2.24, 2.45) is 0 Å². The van der Waals surface area contributed by atoms with E-state index in [1.54, 1.807) is 24.2 Å². The third kappa shape index (κ3) is 4.06. The Hall–Kier alpha value is -3.09. The van der Waals surface area contributed by atoms with Crippen LogP contribution in [0.4, 0.5) is 0 Å². The Labute approximate surface area is 146 Å². The Morgan fingerprint density at radius 2 is 2.12 bits per heavy atom. The number of amides is 1. The molecule has 7 heteroatoms. The highest BCUT2D eigenvalue weighted by molar-refractivity contribution is 5.92. The number of benzene rings is 1. The molecule has 0 radical (unpaired) electrons. The predicted molar refractivity (Wildman–Crippen MR) is 93.1 cm³/mol. The number of ether oxygens (including phenoxy) is 1. The van der Waals surface area contributed by atoms with Crippen LogP contribution in [0.2, 0.25) is 0 Å². The van der Waals surface area contributed by atoms with Gasteiger partial charge >= 0.3 is 0 Å². The van der Waals surface area contributed by atoms with Crippen molar-refractivity contribution in [2.75, 3.05) is 7.05 Å². The van der Waals surface area contributed by atoms with Gasteiger partial charge in [0.25, 0.3) is 5.91 Å². The molecule has 0 aliphatic heterocycles. The van der Waals surface area contributed by atoms with E-state index in [0.29, 0.717) is 18.8 Å². The maximum absolute atomic E-state index is 12.5. The molecule has 1 aromatic carbocycles. The summed E-state index contributed by atoms with van der Waals surface area (Å²) in [5.74, 6) is 1.46. The summed E-state index contributed by atoms with van der Waals surface area (Å²) in [6.07, 6.45) is 3.64. The van der Waals surface area contributed by atoms with E-state index in [1.807, 2.05) is 48.0 Å². The fraction of sp³-hybridized carbons (Fsp3) is 0.278. The van der Waals surface area contributed by atoms with Crippen LogP contribution in [0.25, 0.3) is 0 Å². The molecule has 2 heterocycles. The fourth-order valence-corrected chi connectivity index (χ4v) is 2.48. The monoisotopic (exact) mass is 339 g/mol. The number of nitrogens with zero attached hydrogens (tertiary/aromatic N) is 4. The van der Waals surface area contributed by atoms with Crippen molar-refractivity contribution in [1.82, 2.24) is 24.6 Å². The number of H-pyrrole nitrogens is 1. The van der Waals surface area contributed by atoms with Crippen LogP contribution in [-0.4, -0.2) is 37.6 Å². The van der Waals surface area contributed by atoms with Gasteiger partial charge in [0.05, 0.1) is 12.2 Å². The van der Waals surface area contributed by atoms with Crippen LogP contribution in [0.1, 0.15) is 28.9 Å². The smallest absolute Gasteiger partial charge is 0.274 e. The summed E-state index contributed by atoms with van der Waals surface area (Å²) in [6, 6.07) is 11.2. The van der Waals surface area contributed by atoms with Gasteiger partial charge in [-0.3, -0.25) is 9.89 Å². The molecule has 2 aromatic heterocycles. The van der Waals surface area contributed by atoms with E-state index >= 15 is 0 Å². The molecule has 1 N–H and O–H groups in total. The van der Waals surface area contributed by atoms with E-state index in [1.165, 1.54) is 0 Å². The van der Waals surface area contributed by atoms with Gasteiger partial charge in [-0.05, 0) is 25.1 Å². The Morgan fingerprint density at radius 3 is 2.88 bits per heavy atom. The molecular weight excluding hydrogens is 318 g/mol. The molecule has 0 unspecified atom stereocenters. The second-order valence-electron chi connectivity index (χ2n) is 5.67. The predicted octanol–water partition coefficient (Wildman–Crippen LogP) is 2.48. The largest absolute Gasteiger partial charge is 0.487 e. The number of hydrogen-bond donors (Lipinski definition) is 1. The topological polar surface area (TPSA) is 76.0 Å². The second kappa shape index (κ2) is 7.65. The standard InChI is InChI=1S/C18H21N5O2/c1-3-23-10-9-19-17(23)12-22(2)18(24)16-11-14(20-21-16)13-25-15-7-5-4-6-8-15/h4-11H,3,12-13H2,1-2H3,(H,20,21). The minimum Gasteiger partial charge on any atom is -0.487 e. The van der Waals surface area contributed by atoms with Gasteiger partial charge in [-0.1, -0.05) is 18.2 Å². The first-order valence-electron chi connectivity index (χ1n) is 8.15. The highest BCUT2D eigenvalue weighted by Gasteiger charge is 2.17. The average Bonchev–Trinajstić information content (AvgIpc) is 3.29. The lowest BCUT2D eigenvalue weighted by Crippen LogP contribution is -2.28. The van der Waals surface area contributed by atoms with E-state index in [0.717, 1.165) is 23.8 Å². The van der Waals surface area contributed by atoms with Crippen molar-refractivity contribution in [3.05, 3.63) is 66.0 Å². The number of carbonyl (C=O) groups excluding carboxylic acids is 1. The van der Waals surface area contributed by atoms with Crippen LogP contribution in [0, 0.1) is 0 Å². The lowest BCUT2D eigenvalue weighted by molar-refractivity contribution is 0.0774. The molecule has 0 fully saturated rings. The van der Waals surface area contributed by atoms with Gasteiger partial charge in [-0.25, -0.2) is 4.98 Å². The van der Waals surface area contributed by atoms with Crippen molar-refractivity contribution >= 4 is 5.91 Å². The molecule has 1 amide bonds. The van der Waals surface area contributed by atoms with E-state index < -0.39 is 0 Å². The van der Waals surface area contributed by atoms with Gasteiger partial charge < -0.3 is 14.2 Å². The fourth-order valence-electron chi connectivity index (χ4n) is 2.48. The molecule has 0 aliphatic carbocycles. The first-order valence-corrected chi connectivity index (χ1v) is 8.15. The van der Waals surface area contributed by atoms with Gasteiger partial charge in [0.2, 0.25) is 0 Å². The normalized spacial score (nSPS) is 10.6. The van der Waals surface area contributed by atoms with Crippen LogP contribution in [0.3, 0.4) is 0 Å². The molecule has 3 rings (SSSR count). The zero-order valence-corrected chi connectivity index (χ0v) is 14.3. The molecule has 0 aliphatic rings. The summed E-state index contributed by atoms with van der Waals surface area (Å²) < 4.78 is 7.66. The zero-order valence-electron chi connectivity index (χ0n) is 14.3. The lowest BCUT2D eigenvalue weighted by Gasteiger charge is -2.16. The molecule has 0 bridgehead atoms. The van der Waals surface area contributed by atoms with Crippen LogP contribution in [0.15, 0.2) is 48.8 Å². The van der Waals surface area contributed by atoms with Crippen LogP contribution < -0.4 is 4.74 Å². The summed E-state index contributed by atoms with van der Waals surface area (Å²) in [4.78, 5) is 18.4. The maximum Gasteiger partial charge on any atom is 0.274 e. The maximum atomic E-state index is 12.5. The molecule has 25 heavy (non-hydrogen) atoms. The Balaban J connectivity index is 1.60. The number of rotatable bonds is 7. The number of carbonyl (C=O) groups is 1. The molecule has 7 nitrogen and oxygen atoms in total. The first kappa shape index (κ1) is 16.8. The van der Waals surface area contributed by atoms with Gasteiger partial charge in [0.1, 0.15) is 18.2 Å². The number of hydrogen-bond acceptors (Lipinski definition) is 4. The number of aryl methyl sites for hydroxylation is 1. The van der Waals surface area contributed by atoms with Crippen LogP contribution in [-0.2, 0) is 19.7 Å². The number of nitrogens with one attached hydrogen (secondary N) is 1. The Morgan fingerprint density at radius 1 is 1.32 bits per heavy atom. The van der Waals surface area contributed by atoms with Crippen molar-refractivity contribution in [3.63, 3.8) is 0 Å². The highest BCUT2D eigenvalue weighted by atomic mass is 16.5. The second-order valence-corrected chi connectivity index (χ2v) is 5.67. The summed E-state index contributed by atoms with van der Waals surface area (Å²) >= 11 is 0. The van der Waals surface area contributed by atoms with E-state index in [-0.39, 0.29) is 5.91 Å². The molecule has 0 saturated carbocycles. The first-order chi connectivity index (χ1) is 12.2. The average molecular weight is 339 g/mol. The van der Waals surface area contributed by atoms with Crippen molar-refractivity contribution in [2.45, 2.75) is 26.6 Å². The van der Waals surface area contributed by atoms with Crippen molar-refractivity contribution in [3.8, 4) is 5.75 Å². The summed E-state index contributed by atoms with van der Waals surface area (Å²) in [6.45, 7) is 3.62. The van der Waals surface area contributed by atoms with E-state index in [9.17, 15) is 4.79 Å². The van der Waals surface area contributed by atoms with Gasteiger partial charge in [-0.2, -0.15) is 5.10 Å². The van der Waals surface area contributed by atoms with Gasteiger partial charge in [0.15, 0.2) is 5.69 Å². The molecule has 0 atom stereocenters. The molecule has 130 valence electrons. The number of imidazole rings is 1. The lowest BCUT2D eigenvalue weighted by atomic mass is 10.3. The number of aromatic nitrogens is 4. The van der Waals surface area contributed by atoms with Crippen molar-refractivity contribution < 1.29 is 9.53 Å². The summed E-state index contributed by atoms with van der Waals surface area (Å²) in [5.41, 5.74) is 1.11. The minimum absolute atomic E-state index is 0.159. The highest BCUT2D eigenvalue weighted by Crippen LogP contribution is 2.12. The van der Waals surface area contributed by atoms with Gasteiger partial charge in [-0.15, -0.1) is 0 Å². The SMILES string of the molecule is CCn1ccnc1CN(C)C(=O)c1cc(COc2ccccc2)[nH]n1. The third-order valence-corrected chi connectivity index (χ3v) is 3.86. The third-order valence-electron chi connectivity index (χ3n) is 3.86. The Bertz CT molecular complexity index is 825. The molecular formula is C18H21N5O2. The molecule has 0 spiro atoms. The Kier molecular flexibility index (Phi) is 5.13. The van der Waals surface area contributed by atoms with Crippen LogP contribution >= 0.6 is 0 Å². The van der Waals surface area contributed by atoms with Gasteiger partial charge in [0, 0.05) is 26.0 Å². The zero-order chi connectivity index (χ0) is 17.6. The summed E-state index contributed by atoms with van der Waals surface area (Å²) in [5, 5.41) is 6.95. The quantitative estimate of drug-likeness (QED) is 0.717. The van der Waals surface area contributed by atoms with E-state index in [4.69, 9.17) is 4.74 Å². The molecule has 0 saturated heterocycles. The molecule has 3 aromatic rings. The van der Waals surface area contributed by atoms with E-state index in [2.05, 4.69) is 15.2 Å². The summed E-state index contributed by atoms with van der Waals surface area (Å²) in [7, 11) is 1.74. The van der Waals surface area contributed by atoms with Crippen molar-refractivity contribution in [1.29, 1.82) is 0 Å². The number of aromatic amines is 1.